The predicted octanol–water partition coefficient (Wildman–Crippen LogP) is -1.27. The molecule has 0 saturated heterocycles. The van der Waals surface area contributed by atoms with Crippen molar-refractivity contribution in [2.75, 3.05) is 40.3 Å². The summed E-state index contributed by atoms with van der Waals surface area (Å²) in [6, 6.07) is 0. The van der Waals surface area contributed by atoms with Crippen LogP contribution < -0.4 is 10.6 Å². The lowest BCUT2D eigenvalue weighted by Crippen LogP contribution is -2.39. The van der Waals surface area contributed by atoms with Crippen molar-refractivity contribution in [3.63, 3.8) is 0 Å². The summed E-state index contributed by atoms with van der Waals surface area (Å²) in [6.45, 7) is 2.89. The maximum absolute atomic E-state index is 11.4. The summed E-state index contributed by atoms with van der Waals surface area (Å²) in [4.78, 5) is 34.6. The molecule has 0 rings (SSSR count). The highest BCUT2D eigenvalue weighted by atomic mass is 16.5. The minimum absolute atomic E-state index is 0.126. The Kier molecular flexibility index (Phi) is 8.55. The number of hydrogen-bond acceptors (Lipinski definition) is 5. The molecule has 0 aromatic heterocycles. The fourth-order valence-corrected chi connectivity index (χ4v) is 1.20. The third kappa shape index (κ3) is 9.59. The normalized spacial score (nSPS) is 10.0. The van der Waals surface area contributed by atoms with Crippen LogP contribution in [0.5, 0.6) is 0 Å². The summed E-state index contributed by atoms with van der Waals surface area (Å²) in [5.74, 6) is -0.569. The number of likely N-dealkylation sites (N-methyl/N-ethyl adjacent to an activating group) is 1. The zero-order chi connectivity index (χ0) is 14.0. The number of nitrogens with one attached hydrogen (secondary N) is 2. The van der Waals surface area contributed by atoms with Crippen LogP contribution in [0.15, 0.2) is 0 Å². The summed E-state index contributed by atoms with van der Waals surface area (Å²) in [6.07, 6.45) is 0.256. The molecule has 2 N–H and O–H groups in total. The summed E-state index contributed by atoms with van der Waals surface area (Å²) in [5, 5.41) is 5.23. The number of rotatable bonds is 8. The van der Waals surface area contributed by atoms with Crippen LogP contribution in [0.25, 0.3) is 0 Å². The SMILES string of the molecule is COC(=O)CCN(C)CC(=O)NCCNC(C)=O. The molecule has 0 unspecified atom stereocenters. The summed E-state index contributed by atoms with van der Waals surface area (Å²) in [5.41, 5.74) is 0. The first kappa shape index (κ1) is 16.4. The van der Waals surface area contributed by atoms with E-state index in [1.807, 2.05) is 0 Å². The standard InChI is InChI=1S/C11H21N3O4/c1-9(15)12-5-6-13-10(16)8-14(2)7-4-11(17)18-3/h4-8H2,1-3H3,(H,12,15)(H,13,16). The van der Waals surface area contributed by atoms with Gasteiger partial charge in [-0.2, -0.15) is 0 Å². The van der Waals surface area contributed by atoms with Crippen LogP contribution in [-0.4, -0.2) is 63.0 Å². The number of carbonyl (C=O) groups is 3. The maximum atomic E-state index is 11.4. The molecule has 0 bridgehead atoms. The Bertz CT molecular complexity index is 294. The Morgan fingerprint density at radius 3 is 2.33 bits per heavy atom. The Hall–Kier alpha value is -1.63. The third-order valence-corrected chi connectivity index (χ3v) is 2.16. The second kappa shape index (κ2) is 9.41. The highest BCUT2D eigenvalue weighted by Crippen LogP contribution is 1.89. The molecule has 104 valence electrons. The van der Waals surface area contributed by atoms with E-state index >= 15 is 0 Å². The highest BCUT2D eigenvalue weighted by molar-refractivity contribution is 5.78. The molecule has 0 atom stereocenters. The smallest absolute Gasteiger partial charge is 0.306 e. The molecule has 2 amide bonds. The lowest BCUT2D eigenvalue weighted by Gasteiger charge is -2.15. The first-order chi connectivity index (χ1) is 8.45. The van der Waals surface area contributed by atoms with Crippen LogP contribution in [0, 0.1) is 0 Å². The minimum atomic E-state index is -0.298. The van der Waals surface area contributed by atoms with Crippen molar-refractivity contribution in [2.45, 2.75) is 13.3 Å². The van der Waals surface area contributed by atoms with Gasteiger partial charge in [0.1, 0.15) is 0 Å². The van der Waals surface area contributed by atoms with Gasteiger partial charge in [-0.25, -0.2) is 0 Å². The second-order valence-electron chi connectivity index (χ2n) is 3.90. The van der Waals surface area contributed by atoms with E-state index in [1.165, 1.54) is 14.0 Å². The maximum Gasteiger partial charge on any atom is 0.306 e. The van der Waals surface area contributed by atoms with Crippen LogP contribution in [0.3, 0.4) is 0 Å². The molecule has 0 aliphatic carbocycles. The average Bonchev–Trinajstić information content (AvgIpc) is 2.31. The van der Waals surface area contributed by atoms with E-state index in [4.69, 9.17) is 0 Å². The molecular weight excluding hydrogens is 238 g/mol. The zero-order valence-corrected chi connectivity index (χ0v) is 11.1. The van der Waals surface area contributed by atoms with Crippen LogP contribution >= 0.6 is 0 Å². The third-order valence-electron chi connectivity index (χ3n) is 2.16. The van der Waals surface area contributed by atoms with Gasteiger partial charge in [0.25, 0.3) is 0 Å². The van der Waals surface area contributed by atoms with Crippen LogP contribution in [0.4, 0.5) is 0 Å². The Balaban J connectivity index is 3.61. The molecule has 0 fully saturated rings. The molecule has 0 heterocycles. The van der Waals surface area contributed by atoms with Crippen LogP contribution in [-0.2, 0) is 19.1 Å². The number of methoxy groups -OCH3 is 1. The number of carbonyl (C=O) groups excluding carboxylic acids is 3. The molecular formula is C11H21N3O4. The summed E-state index contributed by atoms with van der Waals surface area (Å²) in [7, 11) is 3.08. The molecule has 7 nitrogen and oxygen atoms in total. The van der Waals surface area contributed by atoms with Gasteiger partial charge in [0.15, 0.2) is 0 Å². The molecule has 0 spiro atoms. The quantitative estimate of drug-likeness (QED) is 0.419. The number of ether oxygens (including phenoxy) is 1. The van der Waals surface area contributed by atoms with Gasteiger partial charge >= 0.3 is 5.97 Å². The van der Waals surface area contributed by atoms with E-state index in [9.17, 15) is 14.4 Å². The van der Waals surface area contributed by atoms with E-state index in [-0.39, 0.29) is 30.7 Å². The Morgan fingerprint density at radius 2 is 1.78 bits per heavy atom. The number of nitrogens with zero attached hydrogens (tertiary/aromatic N) is 1. The first-order valence-electron chi connectivity index (χ1n) is 5.72. The van der Waals surface area contributed by atoms with Gasteiger partial charge in [0.05, 0.1) is 20.1 Å². The average molecular weight is 259 g/mol. The zero-order valence-electron chi connectivity index (χ0n) is 11.1. The van der Waals surface area contributed by atoms with Gasteiger partial charge in [-0.1, -0.05) is 0 Å². The molecule has 7 heteroatoms. The molecule has 0 saturated carbocycles. The van der Waals surface area contributed by atoms with Crippen molar-refractivity contribution in [3.05, 3.63) is 0 Å². The number of hydrogen-bond donors (Lipinski definition) is 2. The summed E-state index contributed by atoms with van der Waals surface area (Å²) < 4.78 is 4.50. The fourth-order valence-electron chi connectivity index (χ4n) is 1.20. The Labute approximate surface area is 107 Å². The topological polar surface area (TPSA) is 87.7 Å². The van der Waals surface area contributed by atoms with Crippen molar-refractivity contribution in [1.82, 2.24) is 15.5 Å². The van der Waals surface area contributed by atoms with Crippen molar-refractivity contribution in [2.24, 2.45) is 0 Å². The molecule has 0 radical (unpaired) electrons. The Morgan fingerprint density at radius 1 is 1.17 bits per heavy atom. The molecule has 18 heavy (non-hydrogen) atoms. The second-order valence-corrected chi connectivity index (χ2v) is 3.90. The van der Waals surface area contributed by atoms with Crippen LogP contribution in [0.1, 0.15) is 13.3 Å². The lowest BCUT2D eigenvalue weighted by atomic mass is 10.4. The molecule has 0 aliphatic heterocycles. The molecule has 0 aromatic rings. The van der Waals surface area contributed by atoms with E-state index in [0.717, 1.165) is 0 Å². The molecule has 0 aliphatic rings. The van der Waals surface area contributed by atoms with Gasteiger partial charge in [-0.05, 0) is 7.05 Å². The lowest BCUT2D eigenvalue weighted by molar-refractivity contribution is -0.141. The van der Waals surface area contributed by atoms with Gasteiger partial charge < -0.3 is 15.4 Å². The van der Waals surface area contributed by atoms with E-state index < -0.39 is 0 Å². The van der Waals surface area contributed by atoms with E-state index in [2.05, 4.69) is 15.4 Å². The minimum Gasteiger partial charge on any atom is -0.469 e. The van der Waals surface area contributed by atoms with Gasteiger partial charge in [0.2, 0.25) is 11.8 Å². The van der Waals surface area contributed by atoms with Crippen LogP contribution in [0.2, 0.25) is 0 Å². The monoisotopic (exact) mass is 259 g/mol. The first-order valence-corrected chi connectivity index (χ1v) is 5.72. The van der Waals surface area contributed by atoms with Gasteiger partial charge in [-0.15, -0.1) is 0 Å². The summed E-state index contributed by atoms with van der Waals surface area (Å²) >= 11 is 0. The number of esters is 1. The van der Waals surface area contributed by atoms with E-state index in [1.54, 1.807) is 11.9 Å². The van der Waals surface area contributed by atoms with Crippen molar-refractivity contribution in [1.29, 1.82) is 0 Å². The largest absolute Gasteiger partial charge is 0.469 e. The van der Waals surface area contributed by atoms with E-state index in [0.29, 0.717) is 19.6 Å². The number of amides is 2. The van der Waals surface area contributed by atoms with Crippen molar-refractivity contribution in [3.8, 4) is 0 Å². The predicted molar refractivity (Wildman–Crippen MR) is 65.8 cm³/mol. The fraction of sp³-hybridized carbons (Fsp3) is 0.727. The van der Waals surface area contributed by atoms with Crippen molar-refractivity contribution >= 4 is 17.8 Å². The van der Waals surface area contributed by atoms with Crippen molar-refractivity contribution < 1.29 is 19.1 Å². The molecule has 0 aromatic carbocycles. The van der Waals surface area contributed by atoms with Gasteiger partial charge in [0, 0.05) is 26.6 Å². The highest BCUT2D eigenvalue weighted by Gasteiger charge is 2.08. The van der Waals surface area contributed by atoms with Gasteiger partial charge in [-0.3, -0.25) is 19.3 Å².